The number of nitrogens with zero attached hydrogens (tertiary/aromatic N) is 1. The van der Waals surface area contributed by atoms with Crippen LogP contribution in [0.15, 0.2) is 30.9 Å². The normalized spacial score (nSPS) is 10.3. The van der Waals surface area contributed by atoms with Gasteiger partial charge in [0.2, 0.25) is 0 Å². The van der Waals surface area contributed by atoms with Gasteiger partial charge in [0.1, 0.15) is 5.75 Å². The van der Waals surface area contributed by atoms with Crippen LogP contribution in [0.5, 0.6) is 5.75 Å². The molecular formula is C15H21NO2. The van der Waals surface area contributed by atoms with E-state index in [9.17, 15) is 4.79 Å². The largest absolute Gasteiger partial charge is 0.496 e. The number of hydrogen-bond donors (Lipinski definition) is 0. The van der Waals surface area contributed by atoms with Crippen LogP contribution in [0.1, 0.15) is 31.1 Å². The SMILES string of the molecule is C=CCN(c1cccc(OC)c1C(C)=O)C(C)C. The van der Waals surface area contributed by atoms with E-state index in [0.717, 1.165) is 5.69 Å². The van der Waals surface area contributed by atoms with Crippen LogP contribution in [-0.2, 0) is 0 Å². The van der Waals surface area contributed by atoms with Crippen molar-refractivity contribution < 1.29 is 9.53 Å². The molecule has 0 aromatic heterocycles. The van der Waals surface area contributed by atoms with Gasteiger partial charge in [0.25, 0.3) is 0 Å². The summed E-state index contributed by atoms with van der Waals surface area (Å²) in [5, 5.41) is 0. The number of benzene rings is 1. The molecule has 0 unspecified atom stereocenters. The van der Waals surface area contributed by atoms with Gasteiger partial charge in [-0.15, -0.1) is 6.58 Å². The number of rotatable bonds is 6. The van der Waals surface area contributed by atoms with Crippen molar-refractivity contribution in [2.24, 2.45) is 0 Å². The predicted molar refractivity (Wildman–Crippen MR) is 75.7 cm³/mol. The van der Waals surface area contributed by atoms with Crippen molar-refractivity contribution >= 4 is 11.5 Å². The van der Waals surface area contributed by atoms with E-state index in [2.05, 4.69) is 25.3 Å². The summed E-state index contributed by atoms with van der Waals surface area (Å²) in [4.78, 5) is 14.0. The minimum absolute atomic E-state index is 0.0113. The van der Waals surface area contributed by atoms with E-state index in [0.29, 0.717) is 17.9 Å². The molecule has 0 fully saturated rings. The second-order valence-corrected chi connectivity index (χ2v) is 4.45. The third-order valence-electron chi connectivity index (χ3n) is 2.83. The van der Waals surface area contributed by atoms with Crippen molar-refractivity contribution in [3.05, 3.63) is 36.4 Å². The molecule has 3 heteroatoms. The van der Waals surface area contributed by atoms with Gasteiger partial charge in [0, 0.05) is 12.6 Å². The molecule has 3 nitrogen and oxygen atoms in total. The van der Waals surface area contributed by atoms with Crippen molar-refractivity contribution in [3.63, 3.8) is 0 Å². The molecule has 0 amide bonds. The summed E-state index contributed by atoms with van der Waals surface area (Å²) in [5.74, 6) is 0.631. The highest BCUT2D eigenvalue weighted by Gasteiger charge is 2.19. The second kappa shape index (κ2) is 6.24. The standard InChI is InChI=1S/C15H21NO2/c1-6-10-16(11(2)3)13-8-7-9-14(18-5)15(13)12(4)17/h6-9,11H,1,10H2,2-5H3. The molecule has 1 rings (SSSR count). The molecular weight excluding hydrogens is 226 g/mol. The quantitative estimate of drug-likeness (QED) is 0.570. The van der Waals surface area contributed by atoms with E-state index in [4.69, 9.17) is 4.74 Å². The van der Waals surface area contributed by atoms with Gasteiger partial charge in [-0.1, -0.05) is 12.1 Å². The Morgan fingerprint density at radius 1 is 1.50 bits per heavy atom. The first-order valence-corrected chi connectivity index (χ1v) is 6.08. The predicted octanol–water partition coefficient (Wildman–Crippen LogP) is 3.30. The fourth-order valence-electron chi connectivity index (χ4n) is 2.01. The fourth-order valence-corrected chi connectivity index (χ4v) is 2.01. The van der Waals surface area contributed by atoms with Gasteiger partial charge in [0.15, 0.2) is 5.78 Å². The Morgan fingerprint density at radius 3 is 2.61 bits per heavy atom. The lowest BCUT2D eigenvalue weighted by molar-refractivity contribution is 0.101. The summed E-state index contributed by atoms with van der Waals surface area (Å²) in [7, 11) is 1.58. The molecule has 0 aliphatic rings. The monoisotopic (exact) mass is 247 g/mol. The minimum Gasteiger partial charge on any atom is -0.496 e. The molecule has 0 spiro atoms. The minimum atomic E-state index is 0.0113. The Morgan fingerprint density at radius 2 is 2.17 bits per heavy atom. The smallest absolute Gasteiger partial charge is 0.165 e. The van der Waals surface area contributed by atoms with Crippen LogP contribution in [0.3, 0.4) is 0 Å². The molecule has 0 heterocycles. The van der Waals surface area contributed by atoms with Crippen molar-refractivity contribution in [2.75, 3.05) is 18.6 Å². The molecule has 0 N–H and O–H groups in total. The topological polar surface area (TPSA) is 29.5 Å². The van der Waals surface area contributed by atoms with Crippen LogP contribution < -0.4 is 9.64 Å². The van der Waals surface area contributed by atoms with Gasteiger partial charge >= 0.3 is 0 Å². The third kappa shape index (κ3) is 2.92. The van der Waals surface area contributed by atoms with Crippen molar-refractivity contribution in [1.82, 2.24) is 0 Å². The molecule has 0 radical (unpaired) electrons. The summed E-state index contributed by atoms with van der Waals surface area (Å²) in [6, 6.07) is 5.95. The highest BCUT2D eigenvalue weighted by Crippen LogP contribution is 2.30. The number of methoxy groups -OCH3 is 1. The number of hydrogen-bond acceptors (Lipinski definition) is 3. The Labute approximate surface area is 109 Å². The highest BCUT2D eigenvalue weighted by atomic mass is 16.5. The molecule has 1 aromatic rings. The van der Waals surface area contributed by atoms with Crippen LogP contribution in [-0.4, -0.2) is 25.5 Å². The van der Waals surface area contributed by atoms with Crippen LogP contribution in [0.4, 0.5) is 5.69 Å². The molecule has 0 aliphatic carbocycles. The molecule has 98 valence electrons. The Bertz CT molecular complexity index is 438. The highest BCUT2D eigenvalue weighted by molar-refractivity contribution is 6.02. The molecule has 0 saturated carbocycles. The fraction of sp³-hybridized carbons (Fsp3) is 0.400. The van der Waals surface area contributed by atoms with Gasteiger partial charge in [0.05, 0.1) is 18.4 Å². The first kappa shape index (κ1) is 14.3. The van der Waals surface area contributed by atoms with E-state index < -0.39 is 0 Å². The van der Waals surface area contributed by atoms with E-state index in [1.54, 1.807) is 14.0 Å². The first-order valence-electron chi connectivity index (χ1n) is 6.08. The van der Waals surface area contributed by atoms with Gasteiger partial charge in [-0.25, -0.2) is 0 Å². The Balaban J connectivity index is 3.37. The molecule has 0 aliphatic heterocycles. The average molecular weight is 247 g/mol. The van der Waals surface area contributed by atoms with Crippen molar-refractivity contribution in [2.45, 2.75) is 26.8 Å². The zero-order chi connectivity index (χ0) is 13.7. The molecule has 0 atom stereocenters. The van der Waals surface area contributed by atoms with E-state index >= 15 is 0 Å². The first-order chi connectivity index (χ1) is 8.52. The lowest BCUT2D eigenvalue weighted by atomic mass is 10.1. The van der Waals surface area contributed by atoms with Crippen LogP contribution in [0, 0.1) is 0 Å². The van der Waals surface area contributed by atoms with Gasteiger partial charge in [-0.2, -0.15) is 0 Å². The molecule has 0 bridgehead atoms. The summed E-state index contributed by atoms with van der Waals surface area (Å²) >= 11 is 0. The summed E-state index contributed by atoms with van der Waals surface area (Å²) < 4.78 is 5.28. The number of Topliss-reactive ketones (excluding diaryl/α,β-unsaturated/α-hetero) is 1. The zero-order valence-electron chi connectivity index (χ0n) is 11.6. The van der Waals surface area contributed by atoms with Gasteiger partial charge < -0.3 is 9.64 Å². The Kier molecular flexibility index (Phi) is 4.95. The number of ether oxygens (including phenoxy) is 1. The number of carbonyl (C=O) groups excluding carboxylic acids is 1. The number of ketones is 1. The molecule has 18 heavy (non-hydrogen) atoms. The summed E-state index contributed by atoms with van der Waals surface area (Å²) in [6.07, 6.45) is 1.84. The number of anilines is 1. The van der Waals surface area contributed by atoms with Crippen LogP contribution in [0.2, 0.25) is 0 Å². The van der Waals surface area contributed by atoms with Crippen LogP contribution >= 0.6 is 0 Å². The lowest BCUT2D eigenvalue weighted by Crippen LogP contribution is -2.32. The molecule has 1 aromatic carbocycles. The maximum atomic E-state index is 11.8. The Hall–Kier alpha value is -1.77. The van der Waals surface area contributed by atoms with E-state index in [-0.39, 0.29) is 11.8 Å². The zero-order valence-corrected chi connectivity index (χ0v) is 11.6. The van der Waals surface area contributed by atoms with Crippen molar-refractivity contribution in [1.29, 1.82) is 0 Å². The average Bonchev–Trinajstić information content (AvgIpc) is 2.34. The van der Waals surface area contributed by atoms with Gasteiger partial charge in [-0.3, -0.25) is 4.79 Å². The summed E-state index contributed by atoms with van der Waals surface area (Å²) in [6.45, 7) is 10.2. The lowest BCUT2D eigenvalue weighted by Gasteiger charge is -2.29. The van der Waals surface area contributed by atoms with Crippen molar-refractivity contribution in [3.8, 4) is 5.75 Å². The van der Waals surface area contributed by atoms with E-state index in [1.807, 2.05) is 24.3 Å². The maximum Gasteiger partial charge on any atom is 0.165 e. The van der Waals surface area contributed by atoms with Gasteiger partial charge in [-0.05, 0) is 32.9 Å². The van der Waals surface area contributed by atoms with Crippen LogP contribution in [0.25, 0.3) is 0 Å². The molecule has 0 saturated heterocycles. The maximum absolute atomic E-state index is 11.8. The summed E-state index contributed by atoms with van der Waals surface area (Å²) in [5.41, 5.74) is 1.53. The third-order valence-corrected chi connectivity index (χ3v) is 2.83. The van der Waals surface area contributed by atoms with E-state index in [1.165, 1.54) is 0 Å². The number of carbonyl (C=O) groups is 1. The second-order valence-electron chi connectivity index (χ2n) is 4.45.